The summed E-state index contributed by atoms with van der Waals surface area (Å²) in [6, 6.07) is 0. The second-order valence-electron chi connectivity index (χ2n) is 0.645. The molecule has 0 aromatic heterocycles. The van der Waals surface area contributed by atoms with Crippen LogP contribution in [0, 0.1) is 11.8 Å². The number of rotatable bonds is 0. The van der Waals surface area contributed by atoms with E-state index in [1.807, 2.05) is 5.92 Å². The number of halogens is 1. The van der Waals surface area contributed by atoms with Gasteiger partial charge < -0.3 is 5.11 Å². The van der Waals surface area contributed by atoms with Crippen LogP contribution in [0.2, 0.25) is 0 Å². The lowest BCUT2D eigenvalue weighted by atomic mass is 10.6. The zero-order valence-electron chi connectivity index (χ0n) is 3.24. The Morgan fingerprint density at radius 3 is 2.33 bits per heavy atom. The van der Waals surface area contributed by atoms with Gasteiger partial charge in [-0.1, -0.05) is 11.8 Å². The van der Waals surface area contributed by atoms with Crippen LogP contribution in [0.25, 0.3) is 0 Å². The third kappa shape index (κ3) is 3.45. The Hall–Kier alpha value is -0.550. The van der Waals surface area contributed by atoms with Crippen molar-refractivity contribution in [3.8, 4) is 11.8 Å². The molecule has 2 heteroatoms. The van der Waals surface area contributed by atoms with Gasteiger partial charge in [-0.2, -0.15) is 0 Å². The quantitative estimate of drug-likeness (QED) is 0.412. The van der Waals surface area contributed by atoms with Crippen LogP contribution in [0.1, 0.15) is 0 Å². The summed E-state index contributed by atoms with van der Waals surface area (Å²) in [5, 5.41) is 7.86. The van der Waals surface area contributed by atoms with Gasteiger partial charge in [-0.3, -0.25) is 0 Å². The summed E-state index contributed by atoms with van der Waals surface area (Å²) in [6.07, 6.45) is 0. The molecule has 0 unspecified atom stereocenters. The molecular formula is C4H5FO. The third-order valence-electron chi connectivity index (χ3n) is 0.271. The van der Waals surface area contributed by atoms with Gasteiger partial charge in [0.15, 0.2) is 0 Å². The van der Waals surface area contributed by atoms with E-state index in [1.165, 1.54) is 0 Å². The number of hydrogen-bond donors (Lipinski definition) is 1. The Kier molecular flexibility index (Phi) is 4.04. The highest BCUT2D eigenvalue weighted by Crippen LogP contribution is 1.57. The standard InChI is InChI=1S/C4H5FO/c5-3-1-2-4-6/h6H,3-4H2. The van der Waals surface area contributed by atoms with E-state index in [9.17, 15) is 4.39 Å². The van der Waals surface area contributed by atoms with E-state index in [4.69, 9.17) is 5.11 Å². The molecule has 0 aliphatic carbocycles. The number of alkyl halides is 1. The van der Waals surface area contributed by atoms with Crippen molar-refractivity contribution in [2.75, 3.05) is 13.3 Å². The molecule has 1 N–H and O–H groups in total. The molecule has 0 rings (SSSR count). The van der Waals surface area contributed by atoms with Gasteiger partial charge in [0.25, 0.3) is 0 Å². The van der Waals surface area contributed by atoms with Gasteiger partial charge in [0, 0.05) is 0 Å². The highest BCUT2D eigenvalue weighted by molar-refractivity contribution is 4.97. The highest BCUT2D eigenvalue weighted by Gasteiger charge is 1.59. The Bertz CT molecular complexity index is 61.4. The van der Waals surface area contributed by atoms with Crippen LogP contribution in [-0.4, -0.2) is 18.4 Å². The number of hydrogen-bond acceptors (Lipinski definition) is 1. The lowest BCUT2D eigenvalue weighted by molar-refractivity contribution is 0.350. The number of aliphatic hydroxyl groups excluding tert-OH is 1. The molecule has 6 heavy (non-hydrogen) atoms. The Labute approximate surface area is 35.8 Å². The summed E-state index contributed by atoms with van der Waals surface area (Å²) in [6.45, 7) is -0.912. The minimum absolute atomic E-state index is 0.246. The zero-order chi connectivity index (χ0) is 4.83. The molecule has 0 heterocycles. The normalized spacial score (nSPS) is 6.33. The topological polar surface area (TPSA) is 20.2 Å². The van der Waals surface area contributed by atoms with Crippen molar-refractivity contribution >= 4 is 0 Å². The van der Waals surface area contributed by atoms with E-state index in [-0.39, 0.29) is 6.61 Å². The first-order chi connectivity index (χ1) is 2.91. The molecule has 0 spiro atoms. The molecular weight excluding hydrogens is 83.0 g/mol. The van der Waals surface area contributed by atoms with Gasteiger partial charge in [0.05, 0.1) is 0 Å². The summed E-state index contributed by atoms with van der Waals surface area (Å²) in [5.74, 6) is 4.16. The van der Waals surface area contributed by atoms with Gasteiger partial charge in [0.2, 0.25) is 0 Å². The first kappa shape index (κ1) is 5.45. The first-order valence-electron chi connectivity index (χ1n) is 1.54. The fourth-order valence-corrected chi connectivity index (χ4v) is 0.103. The molecule has 0 saturated heterocycles. The van der Waals surface area contributed by atoms with Crippen molar-refractivity contribution in [1.29, 1.82) is 0 Å². The molecule has 0 amide bonds. The van der Waals surface area contributed by atoms with Gasteiger partial charge in [-0.05, 0) is 0 Å². The average Bonchev–Trinajstić information content (AvgIpc) is 1.61. The van der Waals surface area contributed by atoms with E-state index in [0.717, 1.165) is 0 Å². The van der Waals surface area contributed by atoms with Crippen LogP contribution in [0.4, 0.5) is 4.39 Å². The largest absolute Gasteiger partial charge is 0.384 e. The van der Waals surface area contributed by atoms with Crippen LogP contribution in [0.5, 0.6) is 0 Å². The number of aliphatic hydroxyl groups is 1. The van der Waals surface area contributed by atoms with Crippen molar-refractivity contribution in [3.05, 3.63) is 0 Å². The molecule has 0 bridgehead atoms. The van der Waals surface area contributed by atoms with E-state index >= 15 is 0 Å². The fraction of sp³-hybridized carbons (Fsp3) is 0.500. The van der Waals surface area contributed by atoms with Crippen molar-refractivity contribution in [3.63, 3.8) is 0 Å². The summed E-state index contributed by atoms with van der Waals surface area (Å²) in [7, 11) is 0. The first-order valence-corrected chi connectivity index (χ1v) is 1.54. The summed E-state index contributed by atoms with van der Waals surface area (Å²) in [4.78, 5) is 0. The molecule has 34 valence electrons. The maximum absolute atomic E-state index is 10.9. The van der Waals surface area contributed by atoms with Crippen molar-refractivity contribution in [1.82, 2.24) is 0 Å². The van der Waals surface area contributed by atoms with Gasteiger partial charge in [0.1, 0.15) is 13.3 Å². The van der Waals surface area contributed by atoms with Crippen molar-refractivity contribution in [2.24, 2.45) is 0 Å². The van der Waals surface area contributed by atoms with Gasteiger partial charge in [-0.25, -0.2) is 4.39 Å². The van der Waals surface area contributed by atoms with Crippen LogP contribution in [0.3, 0.4) is 0 Å². The maximum Gasteiger partial charge on any atom is 0.150 e. The fourth-order valence-electron chi connectivity index (χ4n) is 0.103. The van der Waals surface area contributed by atoms with Crippen LogP contribution in [0.15, 0.2) is 0 Å². The lowest BCUT2D eigenvalue weighted by Gasteiger charge is -1.64. The van der Waals surface area contributed by atoms with E-state index in [0.29, 0.717) is 0 Å². The SMILES string of the molecule is OCC#CCF. The predicted molar refractivity (Wildman–Crippen MR) is 20.8 cm³/mol. The van der Waals surface area contributed by atoms with Gasteiger partial charge in [-0.15, -0.1) is 0 Å². The second kappa shape index (κ2) is 4.45. The maximum atomic E-state index is 10.9. The third-order valence-corrected chi connectivity index (χ3v) is 0.271. The Morgan fingerprint density at radius 1 is 1.50 bits per heavy atom. The summed E-state index contributed by atoms with van der Waals surface area (Å²) >= 11 is 0. The Balaban J connectivity index is 2.90. The molecule has 0 saturated carbocycles. The molecule has 0 fully saturated rings. The highest BCUT2D eigenvalue weighted by atomic mass is 19.1. The zero-order valence-corrected chi connectivity index (χ0v) is 3.24. The Morgan fingerprint density at radius 2 is 2.17 bits per heavy atom. The van der Waals surface area contributed by atoms with Crippen molar-refractivity contribution in [2.45, 2.75) is 0 Å². The summed E-state index contributed by atoms with van der Waals surface area (Å²) in [5.41, 5.74) is 0. The summed E-state index contributed by atoms with van der Waals surface area (Å²) < 4.78 is 10.9. The molecule has 0 aliphatic rings. The van der Waals surface area contributed by atoms with E-state index in [1.54, 1.807) is 0 Å². The van der Waals surface area contributed by atoms with Gasteiger partial charge >= 0.3 is 0 Å². The van der Waals surface area contributed by atoms with Crippen LogP contribution in [-0.2, 0) is 0 Å². The predicted octanol–water partition coefficient (Wildman–Crippen LogP) is -0.0484. The smallest absolute Gasteiger partial charge is 0.150 e. The molecule has 1 nitrogen and oxygen atoms in total. The average molecular weight is 88.1 g/mol. The van der Waals surface area contributed by atoms with Crippen LogP contribution < -0.4 is 0 Å². The minimum atomic E-state index is -0.666. The van der Waals surface area contributed by atoms with Crippen molar-refractivity contribution < 1.29 is 9.50 Å². The van der Waals surface area contributed by atoms with Crippen LogP contribution >= 0.6 is 0 Å². The monoisotopic (exact) mass is 88.0 g/mol. The minimum Gasteiger partial charge on any atom is -0.384 e. The molecule has 0 atom stereocenters. The molecule has 0 aromatic rings. The molecule has 0 aromatic carbocycles. The van der Waals surface area contributed by atoms with E-state index in [2.05, 4.69) is 5.92 Å². The lowest BCUT2D eigenvalue weighted by Crippen LogP contribution is -1.70. The molecule has 0 aliphatic heterocycles. The van der Waals surface area contributed by atoms with E-state index < -0.39 is 6.67 Å². The second-order valence-corrected chi connectivity index (χ2v) is 0.645. The molecule has 0 radical (unpaired) electrons.